The lowest BCUT2D eigenvalue weighted by atomic mass is 10.0. The van der Waals surface area contributed by atoms with Crippen LogP contribution in [0.25, 0.3) is 0 Å². The zero-order valence-electron chi connectivity index (χ0n) is 7.34. The third-order valence-corrected chi connectivity index (χ3v) is 3.43. The SMILES string of the molecule is CCc1scnc1C1CCNC1. The smallest absolute Gasteiger partial charge is 0.0797 e. The maximum absolute atomic E-state index is 4.45. The molecular weight excluding hydrogens is 168 g/mol. The standard InChI is InChI=1S/C9H14N2S/c1-2-8-9(11-6-12-8)7-3-4-10-5-7/h6-7,10H,2-5H2,1H3. The second kappa shape index (κ2) is 3.54. The van der Waals surface area contributed by atoms with Gasteiger partial charge in [0.25, 0.3) is 0 Å². The van der Waals surface area contributed by atoms with Crippen LogP contribution in [-0.2, 0) is 6.42 Å². The van der Waals surface area contributed by atoms with Crippen LogP contribution in [0, 0.1) is 0 Å². The number of nitrogens with zero attached hydrogens (tertiary/aromatic N) is 1. The highest BCUT2D eigenvalue weighted by Crippen LogP contribution is 2.26. The van der Waals surface area contributed by atoms with Crippen molar-refractivity contribution in [2.45, 2.75) is 25.7 Å². The fourth-order valence-electron chi connectivity index (χ4n) is 1.76. The van der Waals surface area contributed by atoms with Crippen LogP contribution in [0.5, 0.6) is 0 Å². The summed E-state index contributed by atoms with van der Waals surface area (Å²) in [7, 11) is 0. The van der Waals surface area contributed by atoms with Gasteiger partial charge in [0, 0.05) is 17.3 Å². The first kappa shape index (κ1) is 8.20. The third kappa shape index (κ3) is 1.39. The van der Waals surface area contributed by atoms with Crippen LogP contribution in [-0.4, -0.2) is 18.1 Å². The lowest BCUT2D eigenvalue weighted by Gasteiger charge is -2.05. The number of rotatable bonds is 2. The van der Waals surface area contributed by atoms with Gasteiger partial charge in [0.2, 0.25) is 0 Å². The highest BCUT2D eigenvalue weighted by molar-refractivity contribution is 7.09. The first-order chi connectivity index (χ1) is 5.92. The Labute approximate surface area is 77.0 Å². The van der Waals surface area contributed by atoms with Crippen molar-refractivity contribution in [2.24, 2.45) is 0 Å². The molecule has 0 saturated carbocycles. The first-order valence-electron chi connectivity index (χ1n) is 4.54. The molecule has 0 aromatic carbocycles. The molecule has 1 aliphatic rings. The largest absolute Gasteiger partial charge is 0.316 e. The Morgan fingerprint density at radius 1 is 1.75 bits per heavy atom. The van der Waals surface area contributed by atoms with E-state index in [0.29, 0.717) is 5.92 Å². The van der Waals surface area contributed by atoms with Gasteiger partial charge in [-0.2, -0.15) is 0 Å². The van der Waals surface area contributed by atoms with Gasteiger partial charge in [0.15, 0.2) is 0 Å². The second-order valence-corrected chi connectivity index (χ2v) is 4.14. The molecular formula is C9H14N2S. The maximum atomic E-state index is 4.45. The lowest BCUT2D eigenvalue weighted by Crippen LogP contribution is -2.08. The molecule has 1 aliphatic heterocycles. The summed E-state index contributed by atoms with van der Waals surface area (Å²) in [6.07, 6.45) is 2.40. The minimum atomic E-state index is 0.686. The Bertz CT molecular complexity index is 251. The molecule has 3 heteroatoms. The average Bonchev–Trinajstić information content (AvgIpc) is 2.74. The van der Waals surface area contributed by atoms with E-state index in [0.717, 1.165) is 19.5 Å². The van der Waals surface area contributed by atoms with Crippen molar-refractivity contribution in [2.75, 3.05) is 13.1 Å². The van der Waals surface area contributed by atoms with Crippen molar-refractivity contribution in [3.8, 4) is 0 Å². The fraction of sp³-hybridized carbons (Fsp3) is 0.667. The van der Waals surface area contributed by atoms with Crippen molar-refractivity contribution >= 4 is 11.3 Å². The molecule has 0 spiro atoms. The number of thiazole rings is 1. The molecule has 1 saturated heterocycles. The maximum Gasteiger partial charge on any atom is 0.0797 e. The lowest BCUT2D eigenvalue weighted by molar-refractivity contribution is 0.731. The monoisotopic (exact) mass is 182 g/mol. The molecule has 1 fully saturated rings. The van der Waals surface area contributed by atoms with E-state index < -0.39 is 0 Å². The summed E-state index contributed by atoms with van der Waals surface area (Å²) in [6.45, 7) is 4.49. The van der Waals surface area contributed by atoms with Crippen LogP contribution in [0.1, 0.15) is 29.8 Å². The molecule has 66 valence electrons. The van der Waals surface area contributed by atoms with E-state index in [-0.39, 0.29) is 0 Å². The van der Waals surface area contributed by atoms with E-state index >= 15 is 0 Å². The minimum Gasteiger partial charge on any atom is -0.316 e. The zero-order chi connectivity index (χ0) is 8.39. The summed E-state index contributed by atoms with van der Waals surface area (Å²) in [5.74, 6) is 0.686. The Morgan fingerprint density at radius 3 is 3.33 bits per heavy atom. The van der Waals surface area contributed by atoms with Crippen molar-refractivity contribution in [1.29, 1.82) is 0 Å². The van der Waals surface area contributed by atoms with Crippen LogP contribution < -0.4 is 5.32 Å². The molecule has 2 nitrogen and oxygen atoms in total. The van der Waals surface area contributed by atoms with Crippen molar-refractivity contribution in [3.63, 3.8) is 0 Å². The Morgan fingerprint density at radius 2 is 2.67 bits per heavy atom. The Kier molecular flexibility index (Phi) is 2.42. The van der Waals surface area contributed by atoms with Gasteiger partial charge in [-0.05, 0) is 19.4 Å². The quantitative estimate of drug-likeness (QED) is 0.754. The zero-order valence-corrected chi connectivity index (χ0v) is 8.16. The molecule has 2 rings (SSSR count). The summed E-state index contributed by atoms with van der Waals surface area (Å²) in [6, 6.07) is 0. The molecule has 12 heavy (non-hydrogen) atoms. The van der Waals surface area contributed by atoms with Crippen molar-refractivity contribution < 1.29 is 0 Å². The van der Waals surface area contributed by atoms with Gasteiger partial charge in [-0.3, -0.25) is 0 Å². The van der Waals surface area contributed by atoms with Crippen molar-refractivity contribution in [3.05, 3.63) is 16.1 Å². The predicted octanol–water partition coefficient (Wildman–Crippen LogP) is 1.78. The van der Waals surface area contributed by atoms with Crippen LogP contribution in [0.4, 0.5) is 0 Å². The van der Waals surface area contributed by atoms with Crippen LogP contribution in [0.15, 0.2) is 5.51 Å². The highest BCUT2D eigenvalue weighted by atomic mass is 32.1. The van der Waals surface area contributed by atoms with Gasteiger partial charge in [0.1, 0.15) is 0 Å². The summed E-state index contributed by atoms with van der Waals surface area (Å²) in [5.41, 5.74) is 3.33. The van der Waals surface area contributed by atoms with Gasteiger partial charge in [-0.1, -0.05) is 6.92 Å². The molecule has 1 unspecified atom stereocenters. The molecule has 2 heterocycles. The van der Waals surface area contributed by atoms with E-state index in [1.807, 2.05) is 5.51 Å². The number of aryl methyl sites for hydroxylation is 1. The summed E-state index contributed by atoms with van der Waals surface area (Å²) in [4.78, 5) is 5.92. The van der Waals surface area contributed by atoms with Gasteiger partial charge < -0.3 is 5.32 Å². The molecule has 1 atom stereocenters. The summed E-state index contributed by atoms with van der Waals surface area (Å²) in [5, 5.41) is 3.38. The van der Waals surface area contributed by atoms with E-state index in [1.165, 1.54) is 17.0 Å². The van der Waals surface area contributed by atoms with E-state index in [4.69, 9.17) is 0 Å². The number of aromatic nitrogens is 1. The highest BCUT2D eigenvalue weighted by Gasteiger charge is 2.20. The van der Waals surface area contributed by atoms with Gasteiger partial charge in [-0.25, -0.2) is 4.98 Å². The number of hydrogen-bond donors (Lipinski definition) is 1. The molecule has 1 N–H and O–H groups in total. The van der Waals surface area contributed by atoms with Crippen LogP contribution in [0.2, 0.25) is 0 Å². The topological polar surface area (TPSA) is 24.9 Å². The van der Waals surface area contributed by atoms with Gasteiger partial charge in [0.05, 0.1) is 11.2 Å². The van der Waals surface area contributed by atoms with Crippen molar-refractivity contribution in [1.82, 2.24) is 10.3 Å². The normalized spacial score (nSPS) is 23.2. The summed E-state index contributed by atoms with van der Waals surface area (Å²) >= 11 is 1.80. The van der Waals surface area contributed by atoms with Gasteiger partial charge in [-0.15, -0.1) is 11.3 Å². The predicted molar refractivity (Wildman–Crippen MR) is 51.7 cm³/mol. The minimum absolute atomic E-state index is 0.686. The fourth-order valence-corrected chi connectivity index (χ4v) is 2.56. The molecule has 0 bridgehead atoms. The van der Waals surface area contributed by atoms with E-state index in [2.05, 4.69) is 17.2 Å². The van der Waals surface area contributed by atoms with Gasteiger partial charge >= 0.3 is 0 Å². The van der Waals surface area contributed by atoms with E-state index in [1.54, 1.807) is 11.3 Å². The van der Waals surface area contributed by atoms with E-state index in [9.17, 15) is 0 Å². The first-order valence-corrected chi connectivity index (χ1v) is 5.42. The Balaban J connectivity index is 2.19. The third-order valence-electron chi connectivity index (χ3n) is 2.44. The van der Waals surface area contributed by atoms with Crippen LogP contribution in [0.3, 0.4) is 0 Å². The van der Waals surface area contributed by atoms with Crippen LogP contribution >= 0.6 is 11.3 Å². The average molecular weight is 182 g/mol. The Hall–Kier alpha value is -0.410. The molecule has 1 aromatic heterocycles. The second-order valence-electron chi connectivity index (χ2n) is 3.20. The molecule has 1 aromatic rings. The molecule has 0 aliphatic carbocycles. The molecule has 0 radical (unpaired) electrons. The molecule has 0 amide bonds. The number of nitrogens with one attached hydrogen (secondary N) is 1. The summed E-state index contributed by atoms with van der Waals surface area (Å²) < 4.78 is 0. The number of hydrogen-bond acceptors (Lipinski definition) is 3.